The van der Waals surface area contributed by atoms with Gasteiger partial charge in [0.15, 0.2) is 5.96 Å². The van der Waals surface area contributed by atoms with Gasteiger partial charge in [-0.15, -0.1) is 35.3 Å². The van der Waals surface area contributed by atoms with Gasteiger partial charge in [0.05, 0.1) is 5.01 Å². The fourth-order valence-corrected chi connectivity index (χ4v) is 3.96. The molecule has 152 valence electrons. The lowest BCUT2D eigenvalue weighted by Gasteiger charge is -2.29. The van der Waals surface area contributed by atoms with E-state index in [1.54, 1.807) is 11.3 Å². The first kappa shape index (κ1) is 22.6. The van der Waals surface area contributed by atoms with Crippen molar-refractivity contribution in [1.29, 1.82) is 0 Å². The molecule has 0 radical (unpaired) electrons. The highest BCUT2D eigenvalue weighted by Crippen LogP contribution is 2.26. The molecule has 8 heteroatoms. The molecule has 1 aliphatic heterocycles. The van der Waals surface area contributed by atoms with Crippen LogP contribution in [0, 0.1) is 6.92 Å². The first-order valence-corrected chi connectivity index (χ1v) is 10.3. The summed E-state index contributed by atoms with van der Waals surface area (Å²) in [6, 6.07) is 8.14. The van der Waals surface area contributed by atoms with Crippen molar-refractivity contribution in [3.05, 3.63) is 45.9 Å². The minimum absolute atomic E-state index is 0. The highest BCUT2D eigenvalue weighted by Gasteiger charge is 2.21. The molecule has 2 N–H and O–H groups in total. The zero-order chi connectivity index (χ0) is 19.1. The maximum Gasteiger partial charge on any atom is 0.248 e. The third kappa shape index (κ3) is 6.16. The summed E-state index contributed by atoms with van der Waals surface area (Å²) in [5.74, 6) is 0.708. The maximum atomic E-state index is 12.7. The summed E-state index contributed by atoms with van der Waals surface area (Å²) in [6.07, 6.45) is 4.77. The van der Waals surface area contributed by atoms with E-state index in [0.29, 0.717) is 5.96 Å². The van der Waals surface area contributed by atoms with Crippen molar-refractivity contribution in [2.24, 2.45) is 4.99 Å². The molecule has 1 aliphatic rings. The van der Waals surface area contributed by atoms with Crippen LogP contribution in [0.25, 0.3) is 0 Å². The predicted molar refractivity (Wildman–Crippen MR) is 127 cm³/mol. The first-order chi connectivity index (χ1) is 13.2. The molecule has 0 aliphatic carbocycles. The average Bonchev–Trinajstić information content (AvgIpc) is 3.10. The number of amides is 1. The second-order valence-corrected chi connectivity index (χ2v) is 7.83. The van der Waals surface area contributed by atoms with E-state index >= 15 is 0 Å². The monoisotopic (exact) mass is 513 g/mol. The topological polar surface area (TPSA) is 69.6 Å². The third-order valence-electron chi connectivity index (χ3n) is 4.43. The van der Waals surface area contributed by atoms with Gasteiger partial charge in [0.1, 0.15) is 6.54 Å². The van der Waals surface area contributed by atoms with Crippen LogP contribution in [0.4, 0.5) is 5.69 Å². The minimum atomic E-state index is 0. The third-order valence-corrected chi connectivity index (χ3v) is 5.40. The van der Waals surface area contributed by atoms with E-state index in [9.17, 15) is 4.79 Å². The molecule has 6 nitrogen and oxygen atoms in total. The van der Waals surface area contributed by atoms with Crippen molar-refractivity contribution >= 4 is 52.9 Å². The Balaban J connectivity index is 0.00000280. The molecule has 0 fully saturated rings. The summed E-state index contributed by atoms with van der Waals surface area (Å²) in [4.78, 5) is 24.7. The van der Waals surface area contributed by atoms with Crippen LogP contribution in [0.3, 0.4) is 0 Å². The van der Waals surface area contributed by atoms with Crippen LogP contribution in [0.1, 0.15) is 28.8 Å². The predicted octanol–water partition coefficient (Wildman–Crippen LogP) is 3.15. The molecule has 0 saturated carbocycles. The lowest BCUT2D eigenvalue weighted by atomic mass is 10.0. The number of carbonyl (C=O) groups excluding carboxylic acids is 1. The zero-order valence-corrected chi connectivity index (χ0v) is 19.5. The van der Waals surface area contributed by atoms with Crippen LogP contribution in [-0.4, -0.2) is 43.0 Å². The van der Waals surface area contributed by atoms with Crippen molar-refractivity contribution < 1.29 is 4.79 Å². The molecule has 0 unspecified atom stereocenters. The molecule has 0 saturated heterocycles. The van der Waals surface area contributed by atoms with Gasteiger partial charge in [-0.1, -0.05) is 18.2 Å². The Labute approximate surface area is 187 Å². The molecule has 0 atom stereocenters. The normalized spacial score (nSPS) is 13.5. The highest BCUT2D eigenvalue weighted by molar-refractivity contribution is 14.0. The van der Waals surface area contributed by atoms with Crippen molar-refractivity contribution in [2.75, 3.05) is 31.1 Å². The summed E-state index contributed by atoms with van der Waals surface area (Å²) in [7, 11) is 0. The molecular formula is C20H28IN5OS. The number of hydrogen-bond donors (Lipinski definition) is 2. The van der Waals surface area contributed by atoms with E-state index in [0.717, 1.165) is 49.6 Å². The molecule has 28 heavy (non-hydrogen) atoms. The number of hydrogen-bond acceptors (Lipinski definition) is 4. The number of thiazole rings is 1. The lowest BCUT2D eigenvalue weighted by molar-refractivity contribution is -0.117. The van der Waals surface area contributed by atoms with E-state index < -0.39 is 0 Å². The number of rotatable bonds is 6. The van der Waals surface area contributed by atoms with E-state index in [1.165, 1.54) is 10.4 Å². The number of nitrogens with one attached hydrogen (secondary N) is 2. The Hall–Kier alpha value is -1.68. The SMILES string of the molecule is CCNC(=NCC(=O)N1CCCc2ccccc21)NCCc1ncc(C)s1.I. The Bertz CT molecular complexity index is 807. The van der Waals surface area contributed by atoms with Gasteiger partial charge in [0.2, 0.25) is 5.91 Å². The molecule has 1 aromatic heterocycles. The van der Waals surface area contributed by atoms with Crippen LogP contribution >= 0.6 is 35.3 Å². The number of halogens is 1. The lowest BCUT2D eigenvalue weighted by Crippen LogP contribution is -2.41. The standard InChI is InChI=1S/C20H27N5OS.HI/c1-3-21-20(22-11-10-18-23-13-15(2)27-18)24-14-19(26)25-12-6-8-16-7-4-5-9-17(16)25;/h4-5,7,9,13H,3,6,8,10-12,14H2,1-2H3,(H2,21,22,24);1H. The molecular weight excluding hydrogens is 485 g/mol. The van der Waals surface area contributed by atoms with E-state index in [4.69, 9.17) is 0 Å². The van der Waals surface area contributed by atoms with Crippen LogP contribution in [0.15, 0.2) is 35.5 Å². The number of aliphatic imine (C=N–C) groups is 1. The molecule has 0 bridgehead atoms. The van der Waals surface area contributed by atoms with Gasteiger partial charge in [-0.2, -0.15) is 0 Å². The van der Waals surface area contributed by atoms with Gasteiger partial charge in [-0.25, -0.2) is 9.98 Å². The number of fused-ring (bicyclic) bond motifs is 1. The first-order valence-electron chi connectivity index (χ1n) is 9.49. The van der Waals surface area contributed by atoms with Crippen molar-refractivity contribution in [1.82, 2.24) is 15.6 Å². The number of benzene rings is 1. The summed E-state index contributed by atoms with van der Waals surface area (Å²) >= 11 is 1.71. The fraction of sp³-hybridized carbons (Fsp3) is 0.450. The van der Waals surface area contributed by atoms with Crippen molar-refractivity contribution in [2.45, 2.75) is 33.1 Å². The van der Waals surface area contributed by atoms with Crippen LogP contribution in [0.2, 0.25) is 0 Å². The Kier molecular flexibility index (Phi) is 9.17. The maximum absolute atomic E-state index is 12.7. The van der Waals surface area contributed by atoms with Crippen LogP contribution in [-0.2, 0) is 17.6 Å². The zero-order valence-electron chi connectivity index (χ0n) is 16.4. The molecule has 2 aromatic rings. The number of guanidine groups is 1. The average molecular weight is 513 g/mol. The molecule has 1 aromatic carbocycles. The number of anilines is 1. The second-order valence-electron chi connectivity index (χ2n) is 6.51. The van der Waals surface area contributed by atoms with E-state index in [2.05, 4.69) is 33.6 Å². The Morgan fingerprint density at radius 1 is 1.32 bits per heavy atom. The second kappa shape index (κ2) is 11.4. The summed E-state index contributed by atoms with van der Waals surface area (Å²) in [6.45, 7) is 6.47. The quantitative estimate of drug-likeness (QED) is 0.354. The molecule has 0 spiro atoms. The van der Waals surface area contributed by atoms with Gasteiger partial charge in [-0.3, -0.25) is 4.79 Å². The fourth-order valence-electron chi connectivity index (χ4n) is 3.17. The summed E-state index contributed by atoms with van der Waals surface area (Å²) in [5, 5.41) is 7.60. The summed E-state index contributed by atoms with van der Waals surface area (Å²) < 4.78 is 0. The number of aromatic nitrogens is 1. The molecule has 1 amide bonds. The smallest absolute Gasteiger partial charge is 0.248 e. The summed E-state index contributed by atoms with van der Waals surface area (Å²) in [5.41, 5.74) is 2.27. The number of aryl methyl sites for hydroxylation is 2. The minimum Gasteiger partial charge on any atom is -0.357 e. The van der Waals surface area contributed by atoms with E-state index in [1.807, 2.05) is 36.2 Å². The van der Waals surface area contributed by atoms with Gasteiger partial charge >= 0.3 is 0 Å². The van der Waals surface area contributed by atoms with Gasteiger partial charge in [0.25, 0.3) is 0 Å². The highest BCUT2D eigenvalue weighted by atomic mass is 127. The van der Waals surface area contributed by atoms with Crippen molar-refractivity contribution in [3.8, 4) is 0 Å². The van der Waals surface area contributed by atoms with Gasteiger partial charge in [-0.05, 0) is 38.3 Å². The number of para-hydroxylation sites is 1. The Morgan fingerprint density at radius 3 is 2.89 bits per heavy atom. The Morgan fingerprint density at radius 2 is 2.14 bits per heavy atom. The van der Waals surface area contributed by atoms with Gasteiger partial charge in [0, 0.05) is 42.8 Å². The van der Waals surface area contributed by atoms with Crippen LogP contribution < -0.4 is 15.5 Å². The molecule has 2 heterocycles. The largest absolute Gasteiger partial charge is 0.357 e. The number of nitrogens with zero attached hydrogens (tertiary/aromatic N) is 3. The van der Waals surface area contributed by atoms with Crippen molar-refractivity contribution in [3.63, 3.8) is 0 Å². The van der Waals surface area contributed by atoms with Gasteiger partial charge < -0.3 is 15.5 Å². The van der Waals surface area contributed by atoms with E-state index in [-0.39, 0.29) is 36.4 Å². The van der Waals surface area contributed by atoms with Crippen LogP contribution in [0.5, 0.6) is 0 Å². The molecule has 3 rings (SSSR count). The number of carbonyl (C=O) groups is 1.